The van der Waals surface area contributed by atoms with Gasteiger partial charge >= 0.3 is 6.03 Å². The maximum absolute atomic E-state index is 13.5. The van der Waals surface area contributed by atoms with E-state index in [1.54, 1.807) is 17.0 Å². The molecule has 0 saturated carbocycles. The number of benzene rings is 3. The van der Waals surface area contributed by atoms with Crippen molar-refractivity contribution in [3.8, 4) is 11.4 Å². The van der Waals surface area contributed by atoms with Crippen molar-refractivity contribution in [2.75, 3.05) is 4.90 Å². The molecule has 2 amide bonds. The number of aromatic nitrogens is 2. The predicted molar refractivity (Wildman–Crippen MR) is 143 cm³/mol. The minimum atomic E-state index is -0.446. The smallest absolute Gasteiger partial charge is 0.326 e. The summed E-state index contributed by atoms with van der Waals surface area (Å²) in [7, 11) is 0. The first-order valence-corrected chi connectivity index (χ1v) is 12.2. The number of rotatable bonds is 4. The van der Waals surface area contributed by atoms with Crippen LogP contribution < -0.4 is 10.2 Å². The molecule has 182 valence electrons. The van der Waals surface area contributed by atoms with E-state index in [2.05, 4.69) is 43.4 Å². The topological polar surface area (TPSA) is 71.3 Å². The number of halogens is 1. The highest BCUT2D eigenvalue weighted by molar-refractivity contribution is 6.30. The van der Waals surface area contributed by atoms with Crippen LogP contribution in [0.15, 0.2) is 70.9 Å². The standard InChI is InChI=1S/C29H27ClN4O2/c1-16-6-8-22(14-18(16)3)26-25(28-32-27(33-36-28)21-9-11-23(30)12-10-21)20(5)34(29(35)31-26)24-13-7-17(2)19(4)15-24/h6-15,26H,1-5H3,(H,31,35). The van der Waals surface area contributed by atoms with E-state index in [1.165, 1.54) is 5.56 Å². The molecule has 1 N–H and O–H groups in total. The molecule has 1 aromatic heterocycles. The van der Waals surface area contributed by atoms with E-state index in [1.807, 2.05) is 50.2 Å². The minimum Gasteiger partial charge on any atom is -0.334 e. The Labute approximate surface area is 215 Å². The fraction of sp³-hybridized carbons (Fsp3) is 0.207. The highest BCUT2D eigenvalue weighted by Crippen LogP contribution is 2.39. The Morgan fingerprint density at radius 3 is 2.19 bits per heavy atom. The van der Waals surface area contributed by atoms with Gasteiger partial charge in [0.15, 0.2) is 0 Å². The summed E-state index contributed by atoms with van der Waals surface area (Å²) >= 11 is 6.05. The molecule has 5 rings (SSSR count). The lowest BCUT2D eigenvalue weighted by Crippen LogP contribution is -2.46. The van der Waals surface area contributed by atoms with Crippen LogP contribution in [0.2, 0.25) is 5.02 Å². The van der Waals surface area contributed by atoms with E-state index in [0.29, 0.717) is 16.7 Å². The van der Waals surface area contributed by atoms with Crippen LogP contribution in [0, 0.1) is 27.7 Å². The van der Waals surface area contributed by atoms with Crippen LogP contribution in [0.3, 0.4) is 0 Å². The molecule has 4 aromatic rings. The largest absolute Gasteiger partial charge is 0.334 e. The molecule has 7 heteroatoms. The van der Waals surface area contributed by atoms with E-state index >= 15 is 0 Å². The van der Waals surface area contributed by atoms with Crippen molar-refractivity contribution in [3.05, 3.63) is 105 Å². The van der Waals surface area contributed by atoms with Crippen molar-refractivity contribution in [2.24, 2.45) is 0 Å². The van der Waals surface area contributed by atoms with Crippen LogP contribution in [0.1, 0.15) is 46.7 Å². The van der Waals surface area contributed by atoms with Crippen LogP contribution >= 0.6 is 11.6 Å². The third kappa shape index (κ3) is 4.29. The molecule has 1 aliphatic heterocycles. The number of amides is 2. The summed E-state index contributed by atoms with van der Waals surface area (Å²) in [6.45, 7) is 10.1. The molecule has 0 aliphatic carbocycles. The van der Waals surface area contributed by atoms with Crippen LogP contribution in [0.5, 0.6) is 0 Å². The highest BCUT2D eigenvalue weighted by Gasteiger charge is 2.36. The minimum absolute atomic E-state index is 0.208. The Bertz CT molecular complexity index is 1500. The second-order valence-corrected chi connectivity index (χ2v) is 9.70. The summed E-state index contributed by atoms with van der Waals surface area (Å²) < 4.78 is 5.80. The maximum atomic E-state index is 13.5. The fourth-order valence-electron chi connectivity index (χ4n) is 4.44. The molecule has 0 bridgehead atoms. The van der Waals surface area contributed by atoms with E-state index in [0.717, 1.165) is 44.8 Å². The van der Waals surface area contributed by atoms with Gasteiger partial charge in [-0.2, -0.15) is 4.98 Å². The molecule has 0 fully saturated rings. The molecule has 36 heavy (non-hydrogen) atoms. The second kappa shape index (κ2) is 9.28. The zero-order valence-corrected chi connectivity index (χ0v) is 21.6. The number of allylic oxidation sites excluding steroid dienone is 1. The van der Waals surface area contributed by atoms with Gasteiger partial charge in [-0.05, 0) is 98.8 Å². The highest BCUT2D eigenvalue weighted by atomic mass is 35.5. The van der Waals surface area contributed by atoms with E-state index in [9.17, 15) is 4.79 Å². The van der Waals surface area contributed by atoms with Crippen molar-refractivity contribution in [2.45, 2.75) is 40.7 Å². The Balaban J connectivity index is 1.67. The maximum Gasteiger partial charge on any atom is 0.326 e. The molecule has 1 unspecified atom stereocenters. The predicted octanol–water partition coefficient (Wildman–Crippen LogP) is 7.33. The Hall–Kier alpha value is -3.90. The molecule has 6 nitrogen and oxygen atoms in total. The van der Waals surface area contributed by atoms with Gasteiger partial charge in [0.05, 0.1) is 17.3 Å². The number of aryl methyl sites for hydroxylation is 4. The van der Waals surface area contributed by atoms with E-state index in [4.69, 9.17) is 21.1 Å². The van der Waals surface area contributed by atoms with Gasteiger partial charge < -0.3 is 9.84 Å². The number of anilines is 1. The van der Waals surface area contributed by atoms with Crippen molar-refractivity contribution >= 4 is 28.9 Å². The first-order chi connectivity index (χ1) is 17.2. The summed E-state index contributed by atoms with van der Waals surface area (Å²) in [5.41, 5.74) is 8.60. The molecular formula is C29H27ClN4O2. The summed E-state index contributed by atoms with van der Waals surface area (Å²) in [6.07, 6.45) is 0. The molecule has 1 atom stereocenters. The SMILES string of the molecule is CC1=C(c2nc(-c3ccc(Cl)cc3)no2)C(c2ccc(C)c(C)c2)NC(=O)N1c1ccc(C)c(C)c1. The molecule has 1 aliphatic rings. The van der Waals surface area contributed by atoms with Crippen molar-refractivity contribution in [1.29, 1.82) is 0 Å². The van der Waals surface area contributed by atoms with Gasteiger partial charge in [-0.25, -0.2) is 4.79 Å². The molecule has 0 radical (unpaired) electrons. The van der Waals surface area contributed by atoms with Crippen LogP contribution in [-0.4, -0.2) is 16.2 Å². The van der Waals surface area contributed by atoms with Gasteiger partial charge in [0, 0.05) is 16.3 Å². The average Bonchev–Trinajstić information content (AvgIpc) is 3.33. The fourth-order valence-corrected chi connectivity index (χ4v) is 4.56. The summed E-state index contributed by atoms with van der Waals surface area (Å²) in [5, 5.41) is 8.05. The second-order valence-electron chi connectivity index (χ2n) is 9.26. The third-order valence-corrected chi connectivity index (χ3v) is 7.11. The van der Waals surface area contributed by atoms with Crippen LogP contribution in [0.4, 0.5) is 10.5 Å². The zero-order chi connectivity index (χ0) is 25.6. The Kier molecular flexibility index (Phi) is 6.14. The van der Waals surface area contributed by atoms with Gasteiger partial charge in [-0.1, -0.05) is 41.0 Å². The molecule has 2 heterocycles. The quantitative estimate of drug-likeness (QED) is 0.320. The van der Waals surface area contributed by atoms with Gasteiger partial charge in [0.2, 0.25) is 5.82 Å². The number of nitrogens with one attached hydrogen (secondary N) is 1. The van der Waals surface area contributed by atoms with Gasteiger partial charge in [0.1, 0.15) is 0 Å². The average molecular weight is 499 g/mol. The first kappa shape index (κ1) is 23.8. The van der Waals surface area contributed by atoms with Gasteiger partial charge in [0.25, 0.3) is 5.89 Å². The summed E-state index contributed by atoms with van der Waals surface area (Å²) in [6, 6.07) is 18.8. The van der Waals surface area contributed by atoms with E-state index in [-0.39, 0.29) is 6.03 Å². The molecule has 0 spiro atoms. The van der Waals surface area contributed by atoms with Crippen molar-refractivity contribution in [1.82, 2.24) is 15.5 Å². The number of carbonyl (C=O) groups is 1. The molecule has 0 saturated heterocycles. The lowest BCUT2D eigenvalue weighted by atomic mass is 9.92. The van der Waals surface area contributed by atoms with Gasteiger partial charge in [-0.15, -0.1) is 0 Å². The summed E-state index contributed by atoms with van der Waals surface area (Å²) in [5.74, 6) is 0.810. The first-order valence-electron chi connectivity index (χ1n) is 11.8. The number of hydrogen-bond acceptors (Lipinski definition) is 4. The normalized spacial score (nSPS) is 15.9. The number of urea groups is 1. The molecule has 3 aromatic carbocycles. The lowest BCUT2D eigenvalue weighted by Gasteiger charge is -2.35. The van der Waals surface area contributed by atoms with E-state index < -0.39 is 6.04 Å². The zero-order valence-electron chi connectivity index (χ0n) is 20.9. The Morgan fingerprint density at radius 2 is 1.53 bits per heavy atom. The van der Waals surface area contributed by atoms with Crippen LogP contribution in [-0.2, 0) is 0 Å². The number of carbonyl (C=O) groups excluding carboxylic acids is 1. The van der Waals surface area contributed by atoms with Crippen molar-refractivity contribution < 1.29 is 9.32 Å². The van der Waals surface area contributed by atoms with Crippen LogP contribution in [0.25, 0.3) is 17.0 Å². The van der Waals surface area contributed by atoms with Gasteiger partial charge in [-0.3, -0.25) is 4.90 Å². The Morgan fingerprint density at radius 1 is 0.861 bits per heavy atom. The lowest BCUT2D eigenvalue weighted by molar-refractivity contribution is 0.244. The summed E-state index contributed by atoms with van der Waals surface area (Å²) in [4.78, 5) is 19.9. The molecular weight excluding hydrogens is 472 g/mol. The monoisotopic (exact) mass is 498 g/mol. The number of hydrogen-bond donors (Lipinski definition) is 1. The number of nitrogens with zero attached hydrogens (tertiary/aromatic N) is 3. The third-order valence-electron chi connectivity index (χ3n) is 6.86. The van der Waals surface area contributed by atoms with Crippen molar-refractivity contribution in [3.63, 3.8) is 0 Å².